The first-order valence-corrected chi connectivity index (χ1v) is 10.3. The summed E-state index contributed by atoms with van der Waals surface area (Å²) in [6.07, 6.45) is 1.12. The van der Waals surface area contributed by atoms with E-state index in [9.17, 15) is 23.5 Å². The molecule has 6 nitrogen and oxygen atoms in total. The average Bonchev–Trinajstić information content (AvgIpc) is 2.75. The van der Waals surface area contributed by atoms with Gasteiger partial charge in [-0.15, -0.1) is 0 Å². The number of hydrogen-bond donors (Lipinski definition) is 2. The molecule has 1 atom stereocenters. The van der Waals surface area contributed by atoms with Gasteiger partial charge in [-0.3, -0.25) is 9.59 Å². The van der Waals surface area contributed by atoms with Crippen molar-refractivity contribution in [3.05, 3.63) is 59.7 Å². The van der Waals surface area contributed by atoms with Crippen molar-refractivity contribution in [1.82, 2.24) is 10.2 Å². The predicted octanol–water partition coefficient (Wildman–Crippen LogP) is 3.49. The summed E-state index contributed by atoms with van der Waals surface area (Å²) in [5.74, 6) is -2.55. The molecule has 1 aliphatic heterocycles. The molecular formula is C23H26F2N2O4. The Kier molecular flexibility index (Phi) is 7.09. The predicted molar refractivity (Wildman–Crippen MR) is 111 cm³/mol. The van der Waals surface area contributed by atoms with Crippen LogP contribution in [0.15, 0.2) is 42.5 Å². The third kappa shape index (κ3) is 5.51. The van der Waals surface area contributed by atoms with Crippen molar-refractivity contribution in [2.75, 3.05) is 13.1 Å². The lowest BCUT2D eigenvalue weighted by molar-refractivity contribution is -0.136. The Bertz CT molecular complexity index is 926. The van der Waals surface area contributed by atoms with E-state index < -0.39 is 23.5 Å². The van der Waals surface area contributed by atoms with E-state index in [2.05, 4.69) is 5.32 Å². The number of phenols is 1. The maximum Gasteiger partial charge on any atom is 0.255 e. The highest BCUT2D eigenvalue weighted by Gasteiger charge is 2.32. The van der Waals surface area contributed by atoms with Crippen LogP contribution in [0, 0.1) is 17.6 Å². The fraction of sp³-hybridized carbons (Fsp3) is 0.391. The molecule has 0 aromatic heterocycles. The van der Waals surface area contributed by atoms with E-state index >= 15 is 0 Å². The first-order valence-electron chi connectivity index (χ1n) is 10.3. The molecule has 1 heterocycles. The number of carbonyl (C=O) groups is 2. The van der Waals surface area contributed by atoms with Gasteiger partial charge in [0.05, 0.1) is 5.56 Å². The zero-order valence-corrected chi connectivity index (χ0v) is 17.5. The van der Waals surface area contributed by atoms with E-state index in [1.165, 1.54) is 24.3 Å². The van der Waals surface area contributed by atoms with Crippen LogP contribution < -0.4 is 10.1 Å². The fourth-order valence-electron chi connectivity index (χ4n) is 3.53. The maximum atomic E-state index is 13.6. The average molecular weight is 432 g/mol. The van der Waals surface area contributed by atoms with Gasteiger partial charge in [0.15, 0.2) is 11.6 Å². The number of rotatable bonds is 6. The van der Waals surface area contributed by atoms with Gasteiger partial charge in [0.25, 0.3) is 5.91 Å². The molecule has 166 valence electrons. The molecule has 0 radical (unpaired) electrons. The standard InChI is InChI=1S/C23H26F2N2O4/c1-14(2)20(26-22(29)18-4-3-5-19(25)21(18)28)23(30)27-12-10-17(11-13-27)31-16-8-6-15(24)7-9-16/h3-9,14,17,20,28H,10-13H2,1-2H3,(H,26,29)/t20-/m0/s1. The lowest BCUT2D eigenvalue weighted by Crippen LogP contribution is -2.53. The number of piperidine rings is 1. The highest BCUT2D eigenvalue weighted by Crippen LogP contribution is 2.23. The largest absolute Gasteiger partial charge is 0.504 e. The van der Waals surface area contributed by atoms with Crippen LogP contribution in [0.4, 0.5) is 8.78 Å². The van der Waals surface area contributed by atoms with Gasteiger partial charge in [0.1, 0.15) is 23.7 Å². The molecule has 31 heavy (non-hydrogen) atoms. The molecule has 8 heteroatoms. The van der Waals surface area contributed by atoms with E-state index in [4.69, 9.17) is 4.74 Å². The molecule has 2 amide bonds. The van der Waals surface area contributed by atoms with Crippen molar-refractivity contribution in [2.24, 2.45) is 5.92 Å². The molecule has 0 bridgehead atoms. The second-order valence-electron chi connectivity index (χ2n) is 7.93. The Morgan fingerprint density at radius 2 is 1.74 bits per heavy atom. The number of carbonyl (C=O) groups excluding carboxylic acids is 2. The monoisotopic (exact) mass is 432 g/mol. The van der Waals surface area contributed by atoms with E-state index in [0.29, 0.717) is 31.7 Å². The van der Waals surface area contributed by atoms with Crippen LogP contribution in [-0.4, -0.2) is 47.1 Å². The number of nitrogens with one attached hydrogen (secondary N) is 1. The topological polar surface area (TPSA) is 78.9 Å². The minimum Gasteiger partial charge on any atom is -0.504 e. The van der Waals surface area contributed by atoms with Crippen molar-refractivity contribution < 1.29 is 28.2 Å². The summed E-state index contributed by atoms with van der Waals surface area (Å²) < 4.78 is 32.4. The van der Waals surface area contributed by atoms with Crippen molar-refractivity contribution in [3.63, 3.8) is 0 Å². The van der Waals surface area contributed by atoms with Gasteiger partial charge in [0, 0.05) is 25.9 Å². The normalized spacial score (nSPS) is 15.6. The third-order valence-corrected chi connectivity index (χ3v) is 5.32. The molecule has 0 saturated carbocycles. The Labute approximate surface area is 179 Å². The zero-order valence-electron chi connectivity index (χ0n) is 17.5. The summed E-state index contributed by atoms with van der Waals surface area (Å²) in [5.41, 5.74) is -0.218. The van der Waals surface area contributed by atoms with Crippen LogP contribution >= 0.6 is 0 Å². The summed E-state index contributed by atoms with van der Waals surface area (Å²) >= 11 is 0. The fourth-order valence-corrected chi connectivity index (χ4v) is 3.53. The van der Waals surface area contributed by atoms with Crippen LogP contribution in [0.25, 0.3) is 0 Å². The molecule has 0 spiro atoms. The first kappa shape index (κ1) is 22.5. The van der Waals surface area contributed by atoms with Crippen molar-refractivity contribution in [1.29, 1.82) is 0 Å². The van der Waals surface area contributed by atoms with E-state index in [-0.39, 0.29) is 29.3 Å². The van der Waals surface area contributed by atoms with Crippen LogP contribution in [-0.2, 0) is 4.79 Å². The number of phenolic OH excluding ortho intramolecular Hbond substituents is 1. The van der Waals surface area contributed by atoms with Crippen LogP contribution in [0.1, 0.15) is 37.0 Å². The first-order chi connectivity index (χ1) is 14.8. The second-order valence-corrected chi connectivity index (χ2v) is 7.93. The summed E-state index contributed by atoms with van der Waals surface area (Å²) in [6, 6.07) is 8.66. The number of ether oxygens (including phenoxy) is 1. The summed E-state index contributed by atoms with van der Waals surface area (Å²) in [5, 5.41) is 12.4. The van der Waals surface area contributed by atoms with Gasteiger partial charge < -0.3 is 20.1 Å². The zero-order chi connectivity index (χ0) is 22.5. The van der Waals surface area contributed by atoms with Crippen LogP contribution in [0.2, 0.25) is 0 Å². The van der Waals surface area contributed by atoms with Gasteiger partial charge in [-0.1, -0.05) is 19.9 Å². The number of halogens is 2. The Morgan fingerprint density at radius 3 is 2.35 bits per heavy atom. The van der Waals surface area contributed by atoms with Gasteiger partial charge in [-0.2, -0.15) is 0 Å². The second kappa shape index (κ2) is 9.76. The highest BCUT2D eigenvalue weighted by molar-refractivity contribution is 5.99. The van der Waals surface area contributed by atoms with Gasteiger partial charge in [0.2, 0.25) is 5.91 Å². The summed E-state index contributed by atoms with van der Waals surface area (Å²) in [4.78, 5) is 27.3. The van der Waals surface area contributed by atoms with E-state index in [0.717, 1.165) is 6.07 Å². The number of aromatic hydroxyl groups is 1. The number of likely N-dealkylation sites (tertiary alicyclic amines) is 1. The molecule has 1 aliphatic rings. The SMILES string of the molecule is CC(C)[C@H](NC(=O)c1cccc(F)c1O)C(=O)N1CCC(Oc2ccc(F)cc2)CC1. The number of hydrogen-bond acceptors (Lipinski definition) is 4. The lowest BCUT2D eigenvalue weighted by atomic mass is 9.99. The molecule has 0 aliphatic carbocycles. The minimum absolute atomic E-state index is 0.0918. The van der Waals surface area contributed by atoms with E-state index in [1.54, 1.807) is 30.9 Å². The molecule has 1 saturated heterocycles. The molecule has 0 unspecified atom stereocenters. The smallest absolute Gasteiger partial charge is 0.255 e. The van der Waals surface area contributed by atoms with Crippen molar-refractivity contribution in [2.45, 2.75) is 38.8 Å². The van der Waals surface area contributed by atoms with Gasteiger partial charge in [-0.25, -0.2) is 8.78 Å². The number of para-hydroxylation sites is 1. The quantitative estimate of drug-likeness (QED) is 0.733. The van der Waals surface area contributed by atoms with Gasteiger partial charge in [-0.05, 0) is 42.3 Å². The minimum atomic E-state index is -0.900. The highest BCUT2D eigenvalue weighted by atomic mass is 19.1. The Hall–Kier alpha value is -3.16. The summed E-state index contributed by atoms with van der Waals surface area (Å²) in [7, 11) is 0. The van der Waals surface area contributed by atoms with Crippen LogP contribution in [0.5, 0.6) is 11.5 Å². The van der Waals surface area contributed by atoms with E-state index in [1.807, 2.05) is 0 Å². The van der Waals surface area contributed by atoms with Crippen molar-refractivity contribution >= 4 is 11.8 Å². The number of amides is 2. The lowest BCUT2D eigenvalue weighted by Gasteiger charge is -2.35. The molecule has 1 fully saturated rings. The molecular weight excluding hydrogens is 406 g/mol. The molecule has 2 aromatic rings. The summed E-state index contributed by atoms with van der Waals surface area (Å²) in [6.45, 7) is 4.52. The maximum absolute atomic E-state index is 13.6. The molecule has 2 N–H and O–H groups in total. The Morgan fingerprint density at radius 1 is 1.10 bits per heavy atom. The van der Waals surface area contributed by atoms with Crippen LogP contribution in [0.3, 0.4) is 0 Å². The van der Waals surface area contributed by atoms with Crippen molar-refractivity contribution in [3.8, 4) is 11.5 Å². The Balaban J connectivity index is 1.60. The number of benzene rings is 2. The number of nitrogens with zero attached hydrogens (tertiary/aromatic N) is 1. The third-order valence-electron chi connectivity index (χ3n) is 5.32. The molecule has 3 rings (SSSR count). The molecule has 2 aromatic carbocycles. The van der Waals surface area contributed by atoms with Gasteiger partial charge >= 0.3 is 0 Å².